The van der Waals surface area contributed by atoms with Gasteiger partial charge in [-0.05, 0) is 41.2 Å². The minimum absolute atomic E-state index is 0.204. The summed E-state index contributed by atoms with van der Waals surface area (Å²) in [7, 11) is 0. The zero-order chi connectivity index (χ0) is 22.3. The van der Waals surface area contributed by atoms with Crippen molar-refractivity contribution in [3.8, 4) is 0 Å². The molecule has 0 aliphatic rings. The number of hydrogen-bond acceptors (Lipinski definition) is 5. The molecule has 1 atom stereocenters. The van der Waals surface area contributed by atoms with Crippen LogP contribution in [0.2, 0.25) is 0 Å². The van der Waals surface area contributed by atoms with E-state index in [1.54, 1.807) is 5.38 Å². The number of aromatic nitrogens is 2. The van der Waals surface area contributed by atoms with E-state index in [1.165, 1.54) is 4.90 Å². The summed E-state index contributed by atoms with van der Waals surface area (Å²) in [6, 6.07) is 25.6. The van der Waals surface area contributed by atoms with Crippen LogP contribution in [0.4, 0.5) is 5.69 Å². The Kier molecular flexibility index (Phi) is 6.67. The van der Waals surface area contributed by atoms with E-state index in [9.17, 15) is 9.59 Å². The fraction of sp³-hybridized carbons (Fsp3) is 0.120. The average Bonchev–Trinajstić information content (AvgIpc) is 3.38. The van der Waals surface area contributed by atoms with Crippen molar-refractivity contribution in [2.75, 3.05) is 4.90 Å². The highest BCUT2D eigenvalue weighted by molar-refractivity contribution is 7.03. The molecule has 0 radical (unpaired) electrons. The van der Waals surface area contributed by atoms with Gasteiger partial charge in [-0.2, -0.15) is 0 Å². The topological polar surface area (TPSA) is 75.2 Å². The molecule has 6 nitrogen and oxygen atoms in total. The van der Waals surface area contributed by atoms with Crippen LogP contribution < -0.4 is 10.2 Å². The Labute approximate surface area is 190 Å². The Morgan fingerprint density at radius 3 is 2.25 bits per heavy atom. The van der Waals surface area contributed by atoms with Crippen molar-refractivity contribution >= 4 is 29.0 Å². The number of para-hydroxylation sites is 1. The number of nitrogens with one attached hydrogen (secondary N) is 1. The van der Waals surface area contributed by atoms with E-state index < -0.39 is 6.04 Å². The first-order valence-corrected chi connectivity index (χ1v) is 11.0. The van der Waals surface area contributed by atoms with E-state index in [-0.39, 0.29) is 17.5 Å². The highest BCUT2D eigenvalue weighted by Crippen LogP contribution is 2.32. The SMILES string of the molecule is Cc1ccccc1N(C(=O)c1csnn1)[C@H](C(=O)NCc1ccccc1)c1ccccc1. The Hall–Kier alpha value is -3.84. The normalized spacial score (nSPS) is 11.5. The summed E-state index contributed by atoms with van der Waals surface area (Å²) in [6.45, 7) is 2.27. The quantitative estimate of drug-likeness (QED) is 0.456. The molecule has 32 heavy (non-hydrogen) atoms. The molecule has 1 aromatic heterocycles. The zero-order valence-electron chi connectivity index (χ0n) is 17.5. The van der Waals surface area contributed by atoms with Crippen molar-refractivity contribution in [3.63, 3.8) is 0 Å². The second-order valence-corrected chi connectivity index (χ2v) is 7.88. The van der Waals surface area contributed by atoms with Gasteiger partial charge in [-0.25, -0.2) is 0 Å². The predicted molar refractivity (Wildman–Crippen MR) is 125 cm³/mol. The van der Waals surface area contributed by atoms with Gasteiger partial charge in [-0.15, -0.1) is 5.10 Å². The standard InChI is InChI=1S/C25H22N4O2S/c1-18-10-8-9-15-22(18)29(25(31)21-17-32-28-27-21)23(20-13-6-3-7-14-20)24(30)26-16-19-11-4-2-5-12-19/h2-15,17,23H,16H2,1H3,(H,26,30)/t23-/m0/s1. The zero-order valence-corrected chi connectivity index (χ0v) is 18.3. The molecular weight excluding hydrogens is 420 g/mol. The molecule has 7 heteroatoms. The first-order valence-electron chi connectivity index (χ1n) is 10.2. The first-order chi connectivity index (χ1) is 15.6. The molecule has 0 aliphatic heterocycles. The van der Waals surface area contributed by atoms with Crippen molar-refractivity contribution in [3.05, 3.63) is 113 Å². The van der Waals surface area contributed by atoms with E-state index in [4.69, 9.17) is 0 Å². The van der Waals surface area contributed by atoms with Crippen LogP contribution >= 0.6 is 11.5 Å². The van der Waals surface area contributed by atoms with Crippen LogP contribution in [0, 0.1) is 6.92 Å². The minimum Gasteiger partial charge on any atom is -0.350 e. The van der Waals surface area contributed by atoms with Crippen LogP contribution in [-0.2, 0) is 11.3 Å². The summed E-state index contributed by atoms with van der Waals surface area (Å²) in [6.07, 6.45) is 0. The van der Waals surface area contributed by atoms with Crippen molar-refractivity contribution in [1.82, 2.24) is 14.9 Å². The van der Waals surface area contributed by atoms with Gasteiger partial charge in [0.1, 0.15) is 6.04 Å². The molecule has 1 heterocycles. The lowest BCUT2D eigenvalue weighted by molar-refractivity contribution is -0.122. The molecule has 3 aromatic carbocycles. The number of anilines is 1. The maximum atomic E-state index is 13.6. The molecule has 0 spiro atoms. The van der Waals surface area contributed by atoms with Gasteiger partial charge in [0.25, 0.3) is 5.91 Å². The second-order valence-electron chi connectivity index (χ2n) is 7.27. The Morgan fingerprint density at radius 2 is 1.59 bits per heavy atom. The number of hydrogen-bond donors (Lipinski definition) is 1. The number of nitrogens with zero attached hydrogens (tertiary/aromatic N) is 3. The third kappa shape index (κ3) is 4.73. The van der Waals surface area contributed by atoms with Crippen molar-refractivity contribution in [2.24, 2.45) is 0 Å². The number of rotatable bonds is 7. The monoisotopic (exact) mass is 442 g/mol. The van der Waals surface area contributed by atoms with E-state index in [0.29, 0.717) is 17.8 Å². The molecule has 0 saturated heterocycles. The van der Waals surface area contributed by atoms with Crippen LogP contribution in [0.5, 0.6) is 0 Å². The fourth-order valence-corrected chi connectivity index (χ4v) is 3.95. The van der Waals surface area contributed by atoms with Crippen molar-refractivity contribution < 1.29 is 9.59 Å². The Bertz CT molecular complexity index is 1180. The number of amides is 2. The molecule has 0 fully saturated rings. The summed E-state index contributed by atoms with van der Waals surface area (Å²) in [5.41, 5.74) is 3.41. The van der Waals surface area contributed by atoms with Gasteiger partial charge in [0.2, 0.25) is 5.91 Å². The molecule has 2 amide bonds. The van der Waals surface area contributed by atoms with E-state index in [2.05, 4.69) is 14.9 Å². The van der Waals surface area contributed by atoms with Gasteiger partial charge in [-0.1, -0.05) is 83.4 Å². The number of aryl methyl sites for hydroxylation is 1. The van der Waals surface area contributed by atoms with Gasteiger partial charge in [-0.3, -0.25) is 14.5 Å². The Balaban J connectivity index is 1.77. The average molecular weight is 443 g/mol. The summed E-state index contributed by atoms with van der Waals surface area (Å²) < 4.78 is 3.84. The highest BCUT2D eigenvalue weighted by atomic mass is 32.1. The largest absolute Gasteiger partial charge is 0.350 e. The molecule has 0 saturated carbocycles. The third-order valence-corrected chi connectivity index (χ3v) is 5.61. The minimum atomic E-state index is -0.879. The van der Waals surface area contributed by atoms with Gasteiger partial charge in [0.05, 0.1) is 0 Å². The molecule has 1 N–H and O–H groups in total. The maximum absolute atomic E-state index is 13.6. The molecule has 0 unspecified atom stereocenters. The van der Waals surface area contributed by atoms with Crippen molar-refractivity contribution in [2.45, 2.75) is 19.5 Å². The highest BCUT2D eigenvalue weighted by Gasteiger charge is 2.34. The second kappa shape index (κ2) is 9.98. The third-order valence-electron chi connectivity index (χ3n) is 5.10. The van der Waals surface area contributed by atoms with E-state index in [1.807, 2.05) is 91.9 Å². The number of carbonyl (C=O) groups excluding carboxylic acids is 2. The molecule has 4 rings (SSSR count). The first kappa shape index (κ1) is 21.4. The van der Waals surface area contributed by atoms with Gasteiger partial charge < -0.3 is 5.32 Å². The summed E-state index contributed by atoms with van der Waals surface area (Å²) in [4.78, 5) is 28.7. The number of benzene rings is 3. The molecule has 4 aromatic rings. The lowest BCUT2D eigenvalue weighted by atomic mass is 10.0. The molecule has 0 bridgehead atoms. The lowest BCUT2D eigenvalue weighted by Gasteiger charge is -2.32. The Morgan fingerprint density at radius 1 is 0.938 bits per heavy atom. The van der Waals surface area contributed by atoms with Crippen LogP contribution in [-0.4, -0.2) is 21.4 Å². The van der Waals surface area contributed by atoms with Crippen LogP contribution in [0.3, 0.4) is 0 Å². The molecule has 0 aliphatic carbocycles. The fourth-order valence-electron chi connectivity index (χ4n) is 3.52. The van der Waals surface area contributed by atoms with Crippen LogP contribution in [0.1, 0.15) is 33.2 Å². The summed E-state index contributed by atoms with van der Waals surface area (Å²) in [5.74, 6) is -0.656. The predicted octanol–water partition coefficient (Wildman–Crippen LogP) is 4.55. The smallest absolute Gasteiger partial charge is 0.280 e. The van der Waals surface area contributed by atoms with Crippen LogP contribution in [0.15, 0.2) is 90.3 Å². The lowest BCUT2D eigenvalue weighted by Crippen LogP contribution is -2.44. The van der Waals surface area contributed by atoms with Gasteiger partial charge in [0, 0.05) is 17.6 Å². The van der Waals surface area contributed by atoms with Crippen molar-refractivity contribution in [1.29, 1.82) is 0 Å². The summed E-state index contributed by atoms with van der Waals surface area (Å²) >= 11 is 1.10. The van der Waals surface area contributed by atoms with Gasteiger partial charge >= 0.3 is 0 Å². The maximum Gasteiger partial charge on any atom is 0.280 e. The molecule has 160 valence electrons. The van der Waals surface area contributed by atoms with Crippen LogP contribution in [0.25, 0.3) is 0 Å². The number of carbonyl (C=O) groups is 2. The summed E-state index contributed by atoms with van der Waals surface area (Å²) in [5, 5.41) is 8.56. The molecular formula is C25H22N4O2S. The van der Waals surface area contributed by atoms with E-state index in [0.717, 1.165) is 22.7 Å². The van der Waals surface area contributed by atoms with E-state index >= 15 is 0 Å². The van der Waals surface area contributed by atoms with Gasteiger partial charge in [0.15, 0.2) is 5.69 Å².